The second kappa shape index (κ2) is 9.26. The summed E-state index contributed by atoms with van der Waals surface area (Å²) in [5.41, 5.74) is 2.44. The Morgan fingerprint density at radius 2 is 2.27 bits per heavy atom. The summed E-state index contributed by atoms with van der Waals surface area (Å²) >= 11 is 1.67. The van der Waals surface area contributed by atoms with Crippen LogP contribution in [0.15, 0.2) is 24.3 Å². The maximum absolute atomic E-state index is 11.8. The van der Waals surface area contributed by atoms with Crippen LogP contribution in [0, 0.1) is 0 Å². The molecule has 2 heterocycles. The van der Waals surface area contributed by atoms with E-state index in [9.17, 15) is 4.79 Å². The van der Waals surface area contributed by atoms with Gasteiger partial charge in [0, 0.05) is 17.0 Å². The Bertz CT molecular complexity index is 737. The SMILES string of the molecule is CCCc1sc(-c2cccc(C(=O)OC)c2)nc1COC1CCCCO1. The molecule has 6 heteroatoms. The number of rotatable bonds is 7. The van der Waals surface area contributed by atoms with Crippen molar-refractivity contribution in [3.63, 3.8) is 0 Å². The summed E-state index contributed by atoms with van der Waals surface area (Å²) in [6.07, 6.45) is 5.11. The molecule has 0 radical (unpaired) electrons. The standard InChI is InChI=1S/C20H25NO4S/c1-3-7-17-16(13-25-18-10-4-5-11-24-18)21-19(26-17)14-8-6-9-15(12-14)20(22)23-2/h6,8-9,12,18H,3-5,7,10-11,13H2,1-2H3. The summed E-state index contributed by atoms with van der Waals surface area (Å²) < 4.78 is 16.4. The number of carbonyl (C=O) groups excluding carboxylic acids is 1. The zero-order valence-electron chi connectivity index (χ0n) is 15.3. The number of aryl methyl sites for hydroxylation is 1. The Hall–Kier alpha value is -1.76. The minimum atomic E-state index is -0.338. The highest BCUT2D eigenvalue weighted by molar-refractivity contribution is 7.15. The number of nitrogens with zero attached hydrogens (tertiary/aromatic N) is 1. The third-order valence-corrected chi connectivity index (χ3v) is 5.54. The van der Waals surface area contributed by atoms with Gasteiger partial charge in [0.25, 0.3) is 0 Å². The van der Waals surface area contributed by atoms with Crippen molar-refractivity contribution in [2.24, 2.45) is 0 Å². The van der Waals surface area contributed by atoms with E-state index in [4.69, 9.17) is 19.2 Å². The molecule has 1 fully saturated rings. The molecule has 26 heavy (non-hydrogen) atoms. The first-order chi connectivity index (χ1) is 12.7. The van der Waals surface area contributed by atoms with E-state index in [1.165, 1.54) is 12.0 Å². The van der Waals surface area contributed by atoms with Crippen LogP contribution in [-0.4, -0.2) is 31.0 Å². The number of benzene rings is 1. The Kier molecular flexibility index (Phi) is 6.77. The minimum Gasteiger partial charge on any atom is -0.465 e. The monoisotopic (exact) mass is 375 g/mol. The average molecular weight is 375 g/mol. The van der Waals surface area contributed by atoms with Crippen LogP contribution in [0.5, 0.6) is 0 Å². The van der Waals surface area contributed by atoms with Crippen LogP contribution in [0.3, 0.4) is 0 Å². The van der Waals surface area contributed by atoms with Gasteiger partial charge in [0.1, 0.15) is 5.01 Å². The average Bonchev–Trinajstić information content (AvgIpc) is 3.10. The van der Waals surface area contributed by atoms with Crippen LogP contribution < -0.4 is 0 Å². The summed E-state index contributed by atoms with van der Waals surface area (Å²) in [4.78, 5) is 17.8. The molecule has 1 saturated heterocycles. The van der Waals surface area contributed by atoms with Crippen molar-refractivity contribution < 1.29 is 19.0 Å². The van der Waals surface area contributed by atoms with Crippen molar-refractivity contribution in [1.82, 2.24) is 4.98 Å². The van der Waals surface area contributed by atoms with Gasteiger partial charge in [-0.05, 0) is 37.8 Å². The number of ether oxygens (including phenoxy) is 3. The fraction of sp³-hybridized carbons (Fsp3) is 0.500. The molecule has 0 spiro atoms. The van der Waals surface area contributed by atoms with Gasteiger partial charge in [-0.1, -0.05) is 25.5 Å². The van der Waals surface area contributed by atoms with Gasteiger partial charge in [-0.15, -0.1) is 11.3 Å². The molecular weight excluding hydrogens is 350 g/mol. The van der Waals surface area contributed by atoms with Crippen LogP contribution in [-0.2, 0) is 27.2 Å². The molecule has 2 aromatic rings. The van der Waals surface area contributed by atoms with Crippen LogP contribution in [0.2, 0.25) is 0 Å². The first-order valence-corrected chi connectivity index (χ1v) is 9.93. The molecule has 0 aliphatic carbocycles. The van der Waals surface area contributed by atoms with Crippen LogP contribution in [0.4, 0.5) is 0 Å². The first-order valence-electron chi connectivity index (χ1n) is 9.11. The summed E-state index contributed by atoms with van der Waals surface area (Å²) in [5, 5.41) is 0.905. The number of esters is 1. The lowest BCUT2D eigenvalue weighted by atomic mass is 10.1. The Morgan fingerprint density at radius 1 is 1.38 bits per heavy atom. The van der Waals surface area contributed by atoms with Gasteiger partial charge in [-0.2, -0.15) is 0 Å². The normalized spacial score (nSPS) is 17.2. The zero-order valence-corrected chi connectivity index (χ0v) is 16.1. The van der Waals surface area contributed by atoms with Crippen molar-refractivity contribution in [2.75, 3.05) is 13.7 Å². The molecular formula is C20H25NO4S. The van der Waals surface area contributed by atoms with Crippen molar-refractivity contribution in [1.29, 1.82) is 0 Å². The summed E-state index contributed by atoms with van der Waals surface area (Å²) in [6, 6.07) is 7.40. The van der Waals surface area contributed by atoms with Crippen molar-refractivity contribution in [2.45, 2.75) is 51.9 Å². The number of hydrogen-bond donors (Lipinski definition) is 0. The Labute approximate surface area is 158 Å². The lowest BCUT2D eigenvalue weighted by molar-refractivity contribution is -0.169. The lowest BCUT2D eigenvalue weighted by Gasteiger charge is -2.22. The van der Waals surface area contributed by atoms with Gasteiger partial charge in [0.2, 0.25) is 0 Å². The zero-order chi connectivity index (χ0) is 18.4. The molecule has 0 saturated carbocycles. The largest absolute Gasteiger partial charge is 0.465 e. The smallest absolute Gasteiger partial charge is 0.337 e. The Morgan fingerprint density at radius 3 is 3.00 bits per heavy atom. The van der Waals surface area contributed by atoms with Gasteiger partial charge >= 0.3 is 5.97 Å². The van der Waals surface area contributed by atoms with E-state index in [-0.39, 0.29) is 12.3 Å². The Balaban J connectivity index is 1.78. The van der Waals surface area contributed by atoms with E-state index in [2.05, 4.69) is 6.92 Å². The van der Waals surface area contributed by atoms with E-state index in [0.29, 0.717) is 12.2 Å². The molecule has 1 aliphatic heterocycles. The van der Waals surface area contributed by atoms with Gasteiger partial charge in [0.05, 0.1) is 25.0 Å². The minimum absolute atomic E-state index is 0.119. The van der Waals surface area contributed by atoms with Crippen LogP contribution >= 0.6 is 11.3 Å². The van der Waals surface area contributed by atoms with E-state index < -0.39 is 0 Å². The predicted octanol–water partition coefficient (Wildman–Crippen LogP) is 4.59. The molecule has 0 amide bonds. The van der Waals surface area contributed by atoms with Crippen molar-refractivity contribution in [3.05, 3.63) is 40.4 Å². The molecule has 1 unspecified atom stereocenters. The molecule has 1 aliphatic rings. The molecule has 1 atom stereocenters. The second-order valence-corrected chi connectivity index (χ2v) is 7.40. The molecule has 1 aromatic carbocycles. The van der Waals surface area contributed by atoms with Crippen molar-refractivity contribution >= 4 is 17.3 Å². The van der Waals surface area contributed by atoms with E-state index in [1.54, 1.807) is 17.4 Å². The molecule has 0 N–H and O–H groups in total. The maximum atomic E-state index is 11.8. The first kappa shape index (κ1) is 19.0. The fourth-order valence-electron chi connectivity index (χ4n) is 2.95. The van der Waals surface area contributed by atoms with Crippen LogP contribution in [0.1, 0.15) is 53.5 Å². The molecule has 0 bridgehead atoms. The second-order valence-electron chi connectivity index (χ2n) is 6.32. The fourth-order valence-corrected chi connectivity index (χ4v) is 4.12. The third-order valence-electron chi connectivity index (χ3n) is 4.33. The number of thiazole rings is 1. The van der Waals surface area contributed by atoms with Gasteiger partial charge in [0.15, 0.2) is 6.29 Å². The highest BCUT2D eigenvalue weighted by atomic mass is 32.1. The quantitative estimate of drug-likeness (QED) is 0.662. The summed E-state index contributed by atoms with van der Waals surface area (Å²) in [5.74, 6) is -0.338. The number of hydrogen-bond acceptors (Lipinski definition) is 6. The van der Waals surface area contributed by atoms with Crippen molar-refractivity contribution in [3.8, 4) is 10.6 Å². The number of aromatic nitrogens is 1. The molecule has 140 valence electrons. The van der Waals surface area contributed by atoms with Gasteiger partial charge < -0.3 is 14.2 Å². The topological polar surface area (TPSA) is 57.7 Å². The highest BCUT2D eigenvalue weighted by Gasteiger charge is 2.18. The van der Waals surface area contributed by atoms with Crippen LogP contribution in [0.25, 0.3) is 10.6 Å². The summed E-state index contributed by atoms with van der Waals surface area (Å²) in [6.45, 7) is 3.40. The van der Waals surface area contributed by atoms with Gasteiger partial charge in [-0.25, -0.2) is 9.78 Å². The third kappa shape index (κ3) is 4.69. The number of carbonyl (C=O) groups is 1. The number of methoxy groups -OCH3 is 1. The predicted molar refractivity (Wildman–Crippen MR) is 101 cm³/mol. The lowest BCUT2D eigenvalue weighted by Crippen LogP contribution is -2.22. The molecule has 1 aromatic heterocycles. The highest BCUT2D eigenvalue weighted by Crippen LogP contribution is 2.30. The van der Waals surface area contributed by atoms with E-state index in [0.717, 1.165) is 55.0 Å². The van der Waals surface area contributed by atoms with Gasteiger partial charge in [-0.3, -0.25) is 0 Å². The molecule has 3 rings (SSSR count). The molecule has 5 nitrogen and oxygen atoms in total. The summed E-state index contributed by atoms with van der Waals surface area (Å²) in [7, 11) is 1.39. The van der Waals surface area contributed by atoms with E-state index >= 15 is 0 Å². The maximum Gasteiger partial charge on any atom is 0.337 e. The van der Waals surface area contributed by atoms with E-state index in [1.807, 2.05) is 18.2 Å².